The van der Waals surface area contributed by atoms with Crippen LogP contribution >= 0.6 is 35.3 Å². The van der Waals surface area contributed by atoms with Crippen molar-refractivity contribution in [3.8, 4) is 0 Å². The van der Waals surface area contributed by atoms with Crippen molar-refractivity contribution < 1.29 is 59.1 Å². The third-order valence-corrected chi connectivity index (χ3v) is 13.4. The summed E-state index contributed by atoms with van der Waals surface area (Å²) in [7, 11) is 0. The zero-order valence-electron chi connectivity index (χ0n) is 34.2. The third kappa shape index (κ3) is 17.0. The van der Waals surface area contributed by atoms with E-state index in [0.717, 1.165) is 66.6 Å². The van der Waals surface area contributed by atoms with Crippen molar-refractivity contribution in [3.05, 3.63) is 0 Å². The van der Waals surface area contributed by atoms with E-state index in [1.807, 2.05) is 65.1 Å². The van der Waals surface area contributed by atoms with Crippen LogP contribution in [0.3, 0.4) is 0 Å². The first-order valence-corrected chi connectivity index (χ1v) is 23.7. The minimum Gasteiger partial charge on any atom is -0.390 e. The maximum Gasteiger partial charge on any atom is 0.186 e. The zero-order chi connectivity index (χ0) is 40.6. The SMILES string of the molecule is CCCSCC1O[C@H](OCC)C(O)[C@@H](O)C1CC.CCCSCC1O[C@H](OCC)C(O)[C@@H](O)C1CC.CCO[C@H]1OC(CSCCN)C(CC)[C@H](O)C1O. The highest BCUT2D eigenvalue weighted by atomic mass is 32.2. The highest BCUT2D eigenvalue weighted by Gasteiger charge is 2.46. The second kappa shape index (κ2) is 30.6. The van der Waals surface area contributed by atoms with E-state index in [-0.39, 0.29) is 36.1 Å². The van der Waals surface area contributed by atoms with Gasteiger partial charge in [-0.2, -0.15) is 35.3 Å². The summed E-state index contributed by atoms with van der Waals surface area (Å²) in [6.45, 7) is 17.9. The second-order valence-electron chi connectivity index (χ2n) is 13.7. The topological polar surface area (TPSA) is 203 Å². The molecule has 0 spiro atoms. The molecule has 0 aliphatic carbocycles. The minimum atomic E-state index is -0.967. The number of ether oxygens (including phenoxy) is 6. The number of thioether (sulfide) groups is 3. The Labute approximate surface area is 338 Å². The van der Waals surface area contributed by atoms with Crippen LogP contribution in [0.5, 0.6) is 0 Å². The van der Waals surface area contributed by atoms with E-state index >= 15 is 0 Å². The van der Waals surface area contributed by atoms with Crippen LogP contribution in [-0.4, -0.2) is 165 Å². The highest BCUT2D eigenvalue weighted by Crippen LogP contribution is 2.33. The van der Waals surface area contributed by atoms with Gasteiger partial charge < -0.3 is 64.8 Å². The summed E-state index contributed by atoms with van der Waals surface area (Å²) in [5.41, 5.74) is 5.46. The molecule has 16 heteroatoms. The van der Waals surface area contributed by atoms with Crippen molar-refractivity contribution in [2.45, 2.75) is 161 Å². The van der Waals surface area contributed by atoms with Gasteiger partial charge in [-0.15, -0.1) is 0 Å². The number of hydrogen-bond donors (Lipinski definition) is 7. The third-order valence-electron chi connectivity index (χ3n) is 9.77. The number of aliphatic hydroxyl groups excluding tert-OH is 6. The minimum absolute atomic E-state index is 0.0129. The van der Waals surface area contributed by atoms with E-state index in [1.54, 1.807) is 11.8 Å². The molecule has 0 saturated carbocycles. The molecule has 0 amide bonds. The normalized spacial score (nSPS) is 36.8. The molecule has 8 N–H and O–H groups in total. The predicted molar refractivity (Wildman–Crippen MR) is 220 cm³/mol. The average Bonchev–Trinajstić information content (AvgIpc) is 3.16. The Morgan fingerprint density at radius 2 is 0.722 bits per heavy atom. The summed E-state index contributed by atoms with van der Waals surface area (Å²) >= 11 is 5.36. The molecule has 3 fully saturated rings. The van der Waals surface area contributed by atoms with Crippen LogP contribution in [0, 0.1) is 17.8 Å². The van der Waals surface area contributed by atoms with Gasteiger partial charge in [0.05, 0.1) is 36.6 Å². The van der Waals surface area contributed by atoms with Crippen molar-refractivity contribution in [1.82, 2.24) is 0 Å². The summed E-state index contributed by atoms with van der Waals surface area (Å²) in [6.07, 6.45) is -2.81. The van der Waals surface area contributed by atoms with Crippen LogP contribution in [0.4, 0.5) is 0 Å². The Balaban J connectivity index is 0.000000405. The quantitative estimate of drug-likeness (QED) is 0.0828. The van der Waals surface area contributed by atoms with Gasteiger partial charge in [0.1, 0.15) is 18.3 Å². The Morgan fingerprint density at radius 1 is 0.444 bits per heavy atom. The first-order chi connectivity index (χ1) is 26.0. The van der Waals surface area contributed by atoms with Gasteiger partial charge in [0.15, 0.2) is 18.9 Å². The molecule has 54 heavy (non-hydrogen) atoms. The maximum atomic E-state index is 10.1. The van der Waals surface area contributed by atoms with Gasteiger partial charge in [0.25, 0.3) is 0 Å². The summed E-state index contributed by atoms with van der Waals surface area (Å²) in [4.78, 5) is 0. The van der Waals surface area contributed by atoms with Crippen LogP contribution < -0.4 is 5.73 Å². The zero-order valence-corrected chi connectivity index (χ0v) is 36.7. The molecule has 0 aromatic rings. The van der Waals surface area contributed by atoms with E-state index in [2.05, 4.69) is 13.8 Å². The molecule has 0 aromatic heterocycles. The number of aliphatic hydroxyl groups is 6. The van der Waals surface area contributed by atoms with E-state index < -0.39 is 55.5 Å². The largest absolute Gasteiger partial charge is 0.390 e. The van der Waals surface area contributed by atoms with Gasteiger partial charge in [0.2, 0.25) is 0 Å². The van der Waals surface area contributed by atoms with Gasteiger partial charge in [-0.05, 0) is 64.4 Å². The van der Waals surface area contributed by atoms with Gasteiger partial charge in [-0.1, -0.05) is 34.6 Å². The number of hydrogen-bond acceptors (Lipinski definition) is 16. The predicted octanol–water partition coefficient (Wildman–Crippen LogP) is 3.47. The average molecular weight is 836 g/mol. The van der Waals surface area contributed by atoms with Gasteiger partial charge in [0, 0.05) is 67.1 Å². The summed E-state index contributed by atoms with van der Waals surface area (Å²) < 4.78 is 33.4. The van der Waals surface area contributed by atoms with Gasteiger partial charge >= 0.3 is 0 Å². The van der Waals surface area contributed by atoms with Gasteiger partial charge in [-0.25, -0.2) is 0 Å². The molecule has 3 heterocycles. The lowest BCUT2D eigenvalue weighted by molar-refractivity contribution is -0.280. The monoisotopic (exact) mass is 835 g/mol. The summed E-state index contributed by atoms with van der Waals surface area (Å²) in [6, 6.07) is 0. The second-order valence-corrected chi connectivity index (χ2v) is 17.1. The number of rotatable bonds is 21. The fraction of sp³-hybridized carbons (Fsp3) is 1.00. The summed E-state index contributed by atoms with van der Waals surface area (Å²) in [5.74, 6) is 5.43. The summed E-state index contributed by atoms with van der Waals surface area (Å²) in [5, 5.41) is 60.2. The smallest absolute Gasteiger partial charge is 0.186 e. The molecule has 13 nitrogen and oxygen atoms in total. The van der Waals surface area contributed by atoms with E-state index in [9.17, 15) is 30.6 Å². The molecule has 324 valence electrons. The first kappa shape index (κ1) is 52.5. The fourth-order valence-electron chi connectivity index (χ4n) is 6.84. The van der Waals surface area contributed by atoms with Crippen LogP contribution in [0.25, 0.3) is 0 Å². The molecule has 0 aromatic carbocycles. The van der Waals surface area contributed by atoms with Crippen molar-refractivity contribution in [3.63, 3.8) is 0 Å². The van der Waals surface area contributed by atoms with Crippen LogP contribution in [0.1, 0.15) is 87.5 Å². The van der Waals surface area contributed by atoms with Crippen molar-refractivity contribution in [2.24, 2.45) is 23.5 Å². The molecule has 0 radical (unpaired) electrons. The Kier molecular flexibility index (Phi) is 29.7. The van der Waals surface area contributed by atoms with Crippen LogP contribution in [0.15, 0.2) is 0 Å². The van der Waals surface area contributed by atoms with Crippen molar-refractivity contribution >= 4 is 35.3 Å². The van der Waals surface area contributed by atoms with Crippen LogP contribution in [-0.2, 0) is 28.4 Å². The Hall–Kier alpha value is 0.530. The number of nitrogens with two attached hydrogens (primary N) is 1. The highest BCUT2D eigenvalue weighted by molar-refractivity contribution is 7.99. The molecule has 3 saturated heterocycles. The molecular formula is C38H77NO12S3. The first-order valence-electron chi connectivity index (χ1n) is 20.3. The molecule has 3 aliphatic rings. The Bertz CT molecular complexity index is 791. The molecule has 0 bridgehead atoms. The fourth-order valence-corrected chi connectivity index (χ4v) is 9.76. The lowest BCUT2D eigenvalue weighted by Crippen LogP contribution is -2.55. The van der Waals surface area contributed by atoms with Gasteiger partial charge in [-0.3, -0.25) is 0 Å². The molecule has 9 unspecified atom stereocenters. The van der Waals surface area contributed by atoms with E-state index in [4.69, 9.17) is 34.2 Å². The lowest BCUT2D eigenvalue weighted by atomic mass is 9.87. The van der Waals surface area contributed by atoms with Crippen LogP contribution in [0.2, 0.25) is 0 Å². The van der Waals surface area contributed by atoms with E-state index in [1.165, 1.54) is 0 Å². The van der Waals surface area contributed by atoms with Crippen molar-refractivity contribution in [2.75, 3.05) is 60.9 Å². The van der Waals surface area contributed by atoms with Crippen molar-refractivity contribution in [1.29, 1.82) is 0 Å². The Morgan fingerprint density at radius 3 is 0.944 bits per heavy atom. The molecular weight excluding hydrogens is 759 g/mol. The maximum absolute atomic E-state index is 10.1. The molecule has 15 atom stereocenters. The standard InChI is InChI=1S/2C13H26O4S.C12H25NO4S/c2*1-4-7-18-8-10-9(5-2)11(14)12(15)13(17-10)16-6-3;1-3-8-9(7-18-6-5-13)17-12(16-4-2)11(15)10(8)14/h2*9-15H,4-8H2,1-3H3;8-12,14-15H,3-7,13H2,1-2H3/t2*9?,10?,11-,12?,13-;8?,9?,10-,11?,12-/m000/s1. The van der Waals surface area contributed by atoms with E-state index in [0.29, 0.717) is 26.4 Å². The molecule has 3 aliphatic heterocycles. The lowest BCUT2D eigenvalue weighted by Gasteiger charge is -2.42. The molecule has 3 rings (SSSR count).